The molecular weight excluding hydrogens is 200 g/mol. The standard InChI is InChI=1S/C9H8N2O4/c12-6-2-1-3-5(4(2)8(14)10-6)9(15)11-7(3)13/h2-5H,1H2,(H,10,12,14)(H,11,13,15)/t2-,3-,4-,5+/m1/s1. The van der Waals surface area contributed by atoms with Crippen LogP contribution in [0.5, 0.6) is 0 Å². The van der Waals surface area contributed by atoms with E-state index in [9.17, 15) is 19.2 Å². The van der Waals surface area contributed by atoms with Crippen molar-refractivity contribution in [2.45, 2.75) is 6.42 Å². The molecule has 4 atom stereocenters. The Balaban J connectivity index is 2.03. The maximum atomic E-state index is 11.4. The summed E-state index contributed by atoms with van der Waals surface area (Å²) in [6, 6.07) is 0. The second-order valence-electron chi connectivity index (χ2n) is 4.21. The average molecular weight is 208 g/mol. The first-order valence-electron chi connectivity index (χ1n) is 4.79. The zero-order valence-corrected chi connectivity index (χ0v) is 7.65. The Kier molecular flexibility index (Phi) is 1.40. The molecule has 0 unspecified atom stereocenters. The van der Waals surface area contributed by atoms with Crippen LogP contribution < -0.4 is 10.6 Å². The number of hydrogen-bond donors (Lipinski definition) is 2. The third kappa shape index (κ3) is 0.886. The Hall–Kier alpha value is -1.72. The third-order valence-corrected chi connectivity index (χ3v) is 3.53. The van der Waals surface area contributed by atoms with Crippen LogP contribution in [0.25, 0.3) is 0 Å². The summed E-state index contributed by atoms with van der Waals surface area (Å²) >= 11 is 0. The largest absolute Gasteiger partial charge is 0.296 e. The van der Waals surface area contributed by atoms with E-state index in [1.807, 2.05) is 0 Å². The Labute approximate surface area is 84.4 Å². The van der Waals surface area contributed by atoms with Gasteiger partial charge in [0.2, 0.25) is 23.6 Å². The minimum Gasteiger partial charge on any atom is -0.296 e. The molecule has 3 fully saturated rings. The number of hydrogen-bond acceptors (Lipinski definition) is 4. The van der Waals surface area contributed by atoms with Crippen LogP contribution in [0.1, 0.15) is 6.42 Å². The maximum absolute atomic E-state index is 11.4. The Morgan fingerprint density at radius 3 is 1.53 bits per heavy atom. The first-order chi connectivity index (χ1) is 7.09. The van der Waals surface area contributed by atoms with Gasteiger partial charge in [-0.15, -0.1) is 0 Å². The predicted octanol–water partition coefficient (Wildman–Crippen LogP) is -1.83. The number of nitrogens with one attached hydrogen (secondary N) is 2. The lowest BCUT2D eigenvalue weighted by Crippen LogP contribution is -2.31. The number of fused-ring (bicyclic) bond motifs is 3. The molecule has 15 heavy (non-hydrogen) atoms. The van der Waals surface area contributed by atoms with Gasteiger partial charge in [-0.1, -0.05) is 0 Å². The van der Waals surface area contributed by atoms with E-state index in [1.165, 1.54) is 0 Å². The molecule has 0 bridgehead atoms. The van der Waals surface area contributed by atoms with Crippen LogP contribution >= 0.6 is 0 Å². The van der Waals surface area contributed by atoms with Gasteiger partial charge in [-0.25, -0.2) is 0 Å². The van der Waals surface area contributed by atoms with Crippen molar-refractivity contribution in [3.8, 4) is 0 Å². The summed E-state index contributed by atoms with van der Waals surface area (Å²) in [6.07, 6.45) is 0.310. The second-order valence-corrected chi connectivity index (χ2v) is 4.21. The number of carbonyl (C=O) groups is 4. The number of amides is 4. The fraction of sp³-hybridized carbons (Fsp3) is 0.556. The van der Waals surface area contributed by atoms with Crippen molar-refractivity contribution < 1.29 is 19.2 Å². The van der Waals surface area contributed by atoms with Gasteiger partial charge < -0.3 is 0 Å². The van der Waals surface area contributed by atoms with Crippen LogP contribution in [-0.2, 0) is 19.2 Å². The predicted molar refractivity (Wildman–Crippen MR) is 44.9 cm³/mol. The first-order valence-corrected chi connectivity index (χ1v) is 4.79. The van der Waals surface area contributed by atoms with Crippen molar-refractivity contribution in [1.82, 2.24) is 10.6 Å². The zero-order valence-electron chi connectivity index (χ0n) is 7.65. The van der Waals surface area contributed by atoms with E-state index in [4.69, 9.17) is 0 Å². The molecule has 3 rings (SSSR count). The lowest BCUT2D eigenvalue weighted by atomic mass is 9.89. The summed E-state index contributed by atoms with van der Waals surface area (Å²) in [7, 11) is 0. The number of imide groups is 2. The van der Waals surface area contributed by atoms with E-state index >= 15 is 0 Å². The summed E-state index contributed by atoms with van der Waals surface area (Å²) in [5.41, 5.74) is 0. The van der Waals surface area contributed by atoms with Crippen molar-refractivity contribution in [2.24, 2.45) is 23.7 Å². The molecule has 1 saturated carbocycles. The van der Waals surface area contributed by atoms with Crippen LogP contribution in [-0.4, -0.2) is 23.6 Å². The summed E-state index contributed by atoms with van der Waals surface area (Å²) in [5.74, 6) is -3.75. The van der Waals surface area contributed by atoms with Gasteiger partial charge in [0, 0.05) is 0 Å². The molecule has 6 heteroatoms. The highest BCUT2D eigenvalue weighted by molar-refractivity contribution is 6.13. The Morgan fingerprint density at radius 2 is 1.13 bits per heavy atom. The second kappa shape index (κ2) is 2.44. The SMILES string of the molecule is O=C1NC(=O)[C@@H]2C[C@H]3C(=O)NC(=O)[C@H]3[C@@H]12. The highest BCUT2D eigenvalue weighted by Gasteiger charge is 2.61. The molecular formula is C9H8N2O4. The van der Waals surface area contributed by atoms with E-state index in [-0.39, 0.29) is 11.8 Å². The van der Waals surface area contributed by atoms with Crippen LogP contribution in [0, 0.1) is 23.7 Å². The highest BCUT2D eigenvalue weighted by Crippen LogP contribution is 2.46. The van der Waals surface area contributed by atoms with Gasteiger partial charge in [-0.3, -0.25) is 29.8 Å². The summed E-state index contributed by atoms with van der Waals surface area (Å²) < 4.78 is 0. The normalized spacial score (nSPS) is 42.7. The van der Waals surface area contributed by atoms with Crippen molar-refractivity contribution >= 4 is 23.6 Å². The summed E-state index contributed by atoms with van der Waals surface area (Å²) in [5, 5.41) is 4.40. The average Bonchev–Trinajstić information content (AvgIpc) is 2.72. The van der Waals surface area contributed by atoms with Crippen molar-refractivity contribution in [1.29, 1.82) is 0 Å². The summed E-state index contributed by atoms with van der Waals surface area (Å²) in [4.78, 5) is 45.5. The van der Waals surface area contributed by atoms with Crippen LogP contribution in [0.2, 0.25) is 0 Å². The van der Waals surface area contributed by atoms with E-state index in [1.54, 1.807) is 0 Å². The molecule has 2 heterocycles. The smallest absolute Gasteiger partial charge is 0.231 e. The molecule has 0 aromatic heterocycles. The molecule has 4 amide bonds. The molecule has 78 valence electrons. The fourth-order valence-electron chi connectivity index (χ4n) is 2.89. The summed E-state index contributed by atoms with van der Waals surface area (Å²) in [6.45, 7) is 0. The number of rotatable bonds is 0. The van der Waals surface area contributed by atoms with E-state index in [0.29, 0.717) is 6.42 Å². The van der Waals surface area contributed by atoms with Gasteiger partial charge in [-0.2, -0.15) is 0 Å². The molecule has 6 nitrogen and oxygen atoms in total. The molecule has 2 saturated heterocycles. The van der Waals surface area contributed by atoms with Gasteiger partial charge in [0.15, 0.2) is 0 Å². The molecule has 3 aliphatic rings. The monoisotopic (exact) mass is 208 g/mol. The zero-order chi connectivity index (χ0) is 10.7. The van der Waals surface area contributed by atoms with Gasteiger partial charge >= 0.3 is 0 Å². The Bertz CT molecular complexity index is 378. The minimum absolute atomic E-state index is 0.310. The molecule has 0 aromatic carbocycles. The highest BCUT2D eigenvalue weighted by atomic mass is 16.2. The number of carbonyl (C=O) groups excluding carboxylic acids is 4. The lowest BCUT2D eigenvalue weighted by Gasteiger charge is -2.09. The quantitative estimate of drug-likeness (QED) is 0.458. The van der Waals surface area contributed by atoms with Gasteiger partial charge in [0.25, 0.3) is 0 Å². The molecule has 0 spiro atoms. The van der Waals surface area contributed by atoms with Crippen molar-refractivity contribution in [3.05, 3.63) is 0 Å². The van der Waals surface area contributed by atoms with E-state index in [2.05, 4.69) is 10.6 Å². The van der Waals surface area contributed by atoms with Crippen molar-refractivity contribution in [3.63, 3.8) is 0 Å². The fourth-order valence-corrected chi connectivity index (χ4v) is 2.89. The van der Waals surface area contributed by atoms with Gasteiger partial charge in [0.1, 0.15) is 0 Å². The van der Waals surface area contributed by atoms with Gasteiger partial charge in [-0.05, 0) is 6.42 Å². The molecule has 0 radical (unpaired) electrons. The van der Waals surface area contributed by atoms with Gasteiger partial charge in [0.05, 0.1) is 23.7 Å². The first kappa shape index (κ1) is 8.58. The molecule has 0 aromatic rings. The van der Waals surface area contributed by atoms with E-state index < -0.39 is 35.5 Å². The van der Waals surface area contributed by atoms with E-state index in [0.717, 1.165) is 0 Å². The maximum Gasteiger partial charge on any atom is 0.231 e. The topological polar surface area (TPSA) is 92.3 Å². The Morgan fingerprint density at radius 1 is 0.733 bits per heavy atom. The molecule has 1 aliphatic carbocycles. The molecule has 2 aliphatic heterocycles. The molecule has 2 N–H and O–H groups in total. The van der Waals surface area contributed by atoms with Crippen molar-refractivity contribution in [2.75, 3.05) is 0 Å². The third-order valence-electron chi connectivity index (χ3n) is 3.53. The van der Waals surface area contributed by atoms with Crippen LogP contribution in [0.3, 0.4) is 0 Å². The lowest BCUT2D eigenvalue weighted by molar-refractivity contribution is -0.131. The van der Waals surface area contributed by atoms with Crippen LogP contribution in [0.15, 0.2) is 0 Å². The van der Waals surface area contributed by atoms with Crippen LogP contribution in [0.4, 0.5) is 0 Å². The minimum atomic E-state index is -0.631.